The number of halogens is 2. The molecule has 0 heterocycles. The van der Waals surface area contributed by atoms with E-state index < -0.39 is 5.82 Å². The van der Waals surface area contributed by atoms with E-state index >= 15 is 0 Å². The molecule has 0 amide bonds. The molecule has 0 fully saturated rings. The zero-order valence-electron chi connectivity index (χ0n) is 10.9. The van der Waals surface area contributed by atoms with Crippen LogP contribution in [0.2, 0.25) is 5.02 Å². The summed E-state index contributed by atoms with van der Waals surface area (Å²) in [5.41, 5.74) is 2.78. The first-order valence-corrected chi connectivity index (χ1v) is 6.99. The van der Waals surface area contributed by atoms with Gasteiger partial charge in [-0.05, 0) is 48.5 Å². The Morgan fingerprint density at radius 2 is 1.95 bits per heavy atom. The van der Waals surface area contributed by atoms with E-state index in [1.54, 1.807) is 6.07 Å². The Morgan fingerprint density at radius 3 is 2.65 bits per heavy atom. The molecule has 0 radical (unpaired) electrons. The van der Waals surface area contributed by atoms with Gasteiger partial charge in [0.2, 0.25) is 0 Å². The molecule has 0 aromatic heterocycles. The normalized spacial score (nSPS) is 10.2. The molecule has 0 unspecified atom stereocenters. The third kappa shape index (κ3) is 3.68. The Balaban J connectivity index is 2.07. The summed E-state index contributed by atoms with van der Waals surface area (Å²) in [6.45, 7) is 2.08. The summed E-state index contributed by atoms with van der Waals surface area (Å²) in [5, 5.41) is 6.61. The van der Waals surface area contributed by atoms with Gasteiger partial charge in [-0.1, -0.05) is 36.7 Å². The summed E-state index contributed by atoms with van der Waals surface area (Å²) in [6, 6.07) is 12.3. The van der Waals surface area contributed by atoms with Crippen LogP contribution < -0.4 is 10.6 Å². The maximum atomic E-state index is 13.1. The smallest absolute Gasteiger partial charge is 0.175 e. The SMILES string of the molecule is CCc1ccccc1NC(=S)Nc1ccc(F)c(Cl)c1. The Kier molecular flexibility index (Phi) is 4.93. The van der Waals surface area contributed by atoms with Gasteiger partial charge < -0.3 is 10.6 Å². The molecule has 2 nitrogen and oxygen atoms in total. The number of anilines is 2. The predicted molar refractivity (Wildman–Crippen MR) is 87.1 cm³/mol. The largest absolute Gasteiger partial charge is 0.332 e. The van der Waals surface area contributed by atoms with Crippen LogP contribution in [0.25, 0.3) is 0 Å². The molecule has 0 aliphatic heterocycles. The van der Waals surface area contributed by atoms with Crippen molar-refractivity contribution in [2.24, 2.45) is 0 Å². The summed E-state index contributed by atoms with van der Waals surface area (Å²) < 4.78 is 13.1. The molecule has 5 heteroatoms. The first kappa shape index (κ1) is 14.8. The zero-order valence-corrected chi connectivity index (χ0v) is 12.5. The van der Waals surface area contributed by atoms with Gasteiger partial charge in [-0.15, -0.1) is 0 Å². The van der Waals surface area contributed by atoms with Gasteiger partial charge in [-0.2, -0.15) is 0 Å². The van der Waals surface area contributed by atoms with E-state index in [-0.39, 0.29) is 5.02 Å². The lowest BCUT2D eigenvalue weighted by Crippen LogP contribution is -2.19. The van der Waals surface area contributed by atoms with E-state index in [0.29, 0.717) is 10.8 Å². The molecular formula is C15H14ClFN2S. The van der Waals surface area contributed by atoms with Crippen LogP contribution in [-0.4, -0.2) is 5.11 Å². The zero-order chi connectivity index (χ0) is 14.5. The van der Waals surface area contributed by atoms with Crippen molar-refractivity contribution in [2.75, 3.05) is 10.6 Å². The first-order chi connectivity index (χ1) is 9.60. The molecule has 0 aliphatic carbocycles. The number of thiocarbonyl (C=S) groups is 1. The van der Waals surface area contributed by atoms with E-state index in [9.17, 15) is 4.39 Å². The fourth-order valence-corrected chi connectivity index (χ4v) is 2.22. The summed E-state index contributed by atoms with van der Waals surface area (Å²) >= 11 is 11.0. The van der Waals surface area contributed by atoms with Crippen molar-refractivity contribution in [3.63, 3.8) is 0 Å². The molecule has 2 N–H and O–H groups in total. The Morgan fingerprint density at radius 1 is 1.20 bits per heavy atom. The number of hydrogen-bond donors (Lipinski definition) is 2. The standard InChI is InChI=1S/C15H14ClFN2S/c1-2-10-5-3-4-6-14(10)19-15(20)18-11-7-8-13(17)12(16)9-11/h3-9H,2H2,1H3,(H2,18,19,20). The second-order valence-electron chi connectivity index (χ2n) is 4.22. The third-order valence-electron chi connectivity index (χ3n) is 2.82. The summed E-state index contributed by atoms with van der Waals surface area (Å²) in [5.74, 6) is -0.451. The van der Waals surface area contributed by atoms with E-state index in [1.807, 2.05) is 24.3 Å². The number of nitrogens with one attached hydrogen (secondary N) is 2. The lowest BCUT2D eigenvalue weighted by Gasteiger charge is -2.13. The van der Waals surface area contributed by atoms with E-state index in [1.165, 1.54) is 17.7 Å². The van der Waals surface area contributed by atoms with Gasteiger partial charge in [0.15, 0.2) is 5.11 Å². The fraction of sp³-hybridized carbons (Fsp3) is 0.133. The molecule has 20 heavy (non-hydrogen) atoms. The van der Waals surface area contributed by atoms with Crippen molar-refractivity contribution in [2.45, 2.75) is 13.3 Å². The van der Waals surface area contributed by atoms with Crippen LogP contribution in [0.15, 0.2) is 42.5 Å². The monoisotopic (exact) mass is 308 g/mol. The van der Waals surface area contributed by atoms with Crippen molar-refractivity contribution in [1.82, 2.24) is 0 Å². The van der Waals surface area contributed by atoms with Crippen molar-refractivity contribution in [1.29, 1.82) is 0 Å². The van der Waals surface area contributed by atoms with Crippen LogP contribution in [0.5, 0.6) is 0 Å². The highest BCUT2D eigenvalue weighted by Crippen LogP contribution is 2.20. The van der Waals surface area contributed by atoms with Gasteiger partial charge in [0.1, 0.15) is 5.82 Å². The van der Waals surface area contributed by atoms with Crippen molar-refractivity contribution < 1.29 is 4.39 Å². The number of rotatable bonds is 3. The highest BCUT2D eigenvalue weighted by atomic mass is 35.5. The lowest BCUT2D eigenvalue weighted by atomic mass is 10.1. The molecule has 0 aliphatic rings. The van der Waals surface area contributed by atoms with Crippen LogP contribution in [0.3, 0.4) is 0 Å². The van der Waals surface area contributed by atoms with Crippen LogP contribution in [0.4, 0.5) is 15.8 Å². The molecule has 0 saturated carbocycles. The minimum absolute atomic E-state index is 0.0618. The van der Waals surface area contributed by atoms with Crippen molar-refractivity contribution in [3.8, 4) is 0 Å². The van der Waals surface area contributed by atoms with Gasteiger partial charge in [0.05, 0.1) is 5.02 Å². The van der Waals surface area contributed by atoms with Gasteiger partial charge in [0, 0.05) is 11.4 Å². The van der Waals surface area contributed by atoms with Gasteiger partial charge in [0.25, 0.3) is 0 Å². The number of benzene rings is 2. The summed E-state index contributed by atoms with van der Waals surface area (Å²) in [4.78, 5) is 0. The van der Waals surface area contributed by atoms with E-state index in [4.69, 9.17) is 23.8 Å². The molecule has 0 spiro atoms. The molecule has 2 aromatic carbocycles. The van der Waals surface area contributed by atoms with E-state index in [0.717, 1.165) is 12.1 Å². The van der Waals surface area contributed by atoms with Crippen LogP contribution in [-0.2, 0) is 6.42 Å². The predicted octanol–water partition coefficient (Wildman–Crippen LogP) is 4.85. The minimum Gasteiger partial charge on any atom is -0.332 e. The van der Waals surface area contributed by atoms with Crippen LogP contribution in [0.1, 0.15) is 12.5 Å². The van der Waals surface area contributed by atoms with Crippen molar-refractivity contribution in [3.05, 3.63) is 58.9 Å². The minimum atomic E-state index is -0.451. The first-order valence-electron chi connectivity index (χ1n) is 6.21. The molecule has 0 bridgehead atoms. The molecular weight excluding hydrogens is 295 g/mol. The van der Waals surface area contributed by atoms with Gasteiger partial charge >= 0.3 is 0 Å². The number of para-hydroxylation sites is 1. The summed E-state index contributed by atoms with van der Waals surface area (Å²) in [6.07, 6.45) is 0.911. The molecule has 2 rings (SSSR count). The second kappa shape index (κ2) is 6.68. The molecule has 0 atom stereocenters. The number of hydrogen-bond acceptors (Lipinski definition) is 1. The average Bonchev–Trinajstić information content (AvgIpc) is 2.43. The van der Waals surface area contributed by atoms with E-state index in [2.05, 4.69) is 17.6 Å². The molecule has 2 aromatic rings. The fourth-order valence-electron chi connectivity index (χ4n) is 1.81. The van der Waals surface area contributed by atoms with Crippen LogP contribution in [0, 0.1) is 5.82 Å². The Hall–Kier alpha value is -1.65. The highest BCUT2D eigenvalue weighted by molar-refractivity contribution is 7.80. The van der Waals surface area contributed by atoms with Crippen molar-refractivity contribution >= 4 is 40.3 Å². The Labute approximate surface area is 128 Å². The average molecular weight is 309 g/mol. The topological polar surface area (TPSA) is 24.1 Å². The summed E-state index contributed by atoms with van der Waals surface area (Å²) in [7, 11) is 0. The maximum Gasteiger partial charge on any atom is 0.175 e. The van der Waals surface area contributed by atoms with Crippen LogP contribution >= 0.6 is 23.8 Å². The second-order valence-corrected chi connectivity index (χ2v) is 5.03. The lowest BCUT2D eigenvalue weighted by molar-refractivity contribution is 0.628. The third-order valence-corrected chi connectivity index (χ3v) is 3.32. The number of aryl methyl sites for hydroxylation is 1. The quantitative estimate of drug-likeness (QED) is 0.793. The van der Waals surface area contributed by atoms with Gasteiger partial charge in [-0.25, -0.2) is 4.39 Å². The Bertz CT molecular complexity index is 631. The molecule has 0 saturated heterocycles. The van der Waals surface area contributed by atoms with Gasteiger partial charge in [-0.3, -0.25) is 0 Å². The molecule has 104 valence electrons. The maximum absolute atomic E-state index is 13.1. The highest BCUT2D eigenvalue weighted by Gasteiger charge is 2.05.